The fourth-order valence-corrected chi connectivity index (χ4v) is 5.85. The molecule has 5 aromatic rings. The molecule has 0 radical (unpaired) electrons. The van der Waals surface area contributed by atoms with Crippen molar-refractivity contribution < 1.29 is 21.6 Å². The molecule has 0 aliphatic carbocycles. The van der Waals surface area contributed by atoms with E-state index in [9.17, 15) is 21.6 Å². The Labute approximate surface area is 200 Å². The van der Waals surface area contributed by atoms with E-state index in [0.29, 0.717) is 35.5 Å². The normalized spacial score (nSPS) is 12.5. The molecule has 1 heterocycles. The molecule has 4 aromatic carbocycles. The molecule has 0 saturated carbocycles. The highest BCUT2D eigenvalue weighted by molar-refractivity contribution is 7.90. The van der Waals surface area contributed by atoms with Crippen molar-refractivity contribution in [2.75, 3.05) is 6.54 Å². The number of alkyl halides is 3. The Morgan fingerprint density at radius 1 is 0.829 bits per heavy atom. The van der Waals surface area contributed by atoms with Crippen molar-refractivity contribution in [1.29, 1.82) is 0 Å². The van der Waals surface area contributed by atoms with Crippen LogP contribution in [0.3, 0.4) is 0 Å². The summed E-state index contributed by atoms with van der Waals surface area (Å²) in [7, 11) is -4.28. The van der Waals surface area contributed by atoms with Gasteiger partial charge in [-0.05, 0) is 70.8 Å². The Bertz CT molecular complexity index is 1670. The maximum absolute atomic E-state index is 13.4. The molecule has 178 valence electrons. The predicted octanol–water partition coefficient (Wildman–Crippen LogP) is 6.22. The molecule has 1 aromatic heterocycles. The topological polar surface area (TPSA) is 65.1 Å². The van der Waals surface area contributed by atoms with Gasteiger partial charge in [0.05, 0.1) is 16.0 Å². The van der Waals surface area contributed by atoms with Crippen LogP contribution in [0.2, 0.25) is 0 Å². The van der Waals surface area contributed by atoms with Gasteiger partial charge in [0.25, 0.3) is 10.0 Å². The highest BCUT2D eigenvalue weighted by Gasteiger charge is 2.32. The van der Waals surface area contributed by atoms with Crippen molar-refractivity contribution in [2.24, 2.45) is 5.73 Å². The summed E-state index contributed by atoms with van der Waals surface area (Å²) in [6.45, 7) is 0.293. The van der Waals surface area contributed by atoms with Gasteiger partial charge in [-0.15, -0.1) is 0 Å². The lowest BCUT2D eigenvalue weighted by Crippen LogP contribution is -2.14. The zero-order valence-electron chi connectivity index (χ0n) is 18.5. The number of rotatable bonds is 5. The molecular formula is C27H21F3N2O2S. The molecule has 0 aliphatic heterocycles. The third-order valence-electron chi connectivity index (χ3n) is 6.09. The molecule has 8 heteroatoms. The van der Waals surface area contributed by atoms with Crippen molar-refractivity contribution in [3.8, 4) is 11.1 Å². The van der Waals surface area contributed by atoms with E-state index in [1.165, 1.54) is 12.3 Å². The first-order chi connectivity index (χ1) is 16.7. The Hall–Kier alpha value is -3.62. The number of nitrogens with zero attached hydrogens (tertiary/aromatic N) is 1. The van der Waals surface area contributed by atoms with Crippen LogP contribution in [0.1, 0.15) is 11.1 Å². The number of aromatic nitrogens is 1. The molecule has 0 fully saturated rings. The Morgan fingerprint density at radius 3 is 2.34 bits per heavy atom. The highest BCUT2D eigenvalue weighted by atomic mass is 32.2. The zero-order chi connectivity index (χ0) is 24.8. The standard InChI is InChI=1S/C27H21F3N2O2S/c28-27(29,30)21-7-4-8-22(16-21)35(33,34)32-17-20(13-14-31)25-15-19(11-12-26(25)32)24-10-3-6-18-5-1-2-9-23(18)24/h1-12,15-17H,13-14,31H2. The molecule has 0 saturated heterocycles. The largest absolute Gasteiger partial charge is 0.416 e. The predicted molar refractivity (Wildman–Crippen MR) is 132 cm³/mol. The highest BCUT2D eigenvalue weighted by Crippen LogP contribution is 2.35. The van der Waals surface area contributed by atoms with Gasteiger partial charge < -0.3 is 5.73 Å². The monoisotopic (exact) mass is 494 g/mol. The third-order valence-corrected chi connectivity index (χ3v) is 7.76. The van der Waals surface area contributed by atoms with E-state index in [4.69, 9.17) is 5.73 Å². The second-order valence-corrected chi connectivity index (χ2v) is 10.1. The van der Waals surface area contributed by atoms with Gasteiger partial charge in [-0.25, -0.2) is 12.4 Å². The van der Waals surface area contributed by atoms with Crippen LogP contribution in [0.4, 0.5) is 13.2 Å². The number of fused-ring (bicyclic) bond motifs is 2. The van der Waals surface area contributed by atoms with Gasteiger partial charge in [0.2, 0.25) is 0 Å². The Morgan fingerprint density at radius 2 is 1.57 bits per heavy atom. The molecule has 0 spiro atoms. The average molecular weight is 495 g/mol. The Balaban J connectivity index is 1.70. The van der Waals surface area contributed by atoms with Crippen LogP contribution in [0, 0.1) is 0 Å². The fourth-order valence-electron chi connectivity index (χ4n) is 4.41. The van der Waals surface area contributed by atoms with E-state index in [2.05, 4.69) is 0 Å². The summed E-state index contributed by atoms with van der Waals surface area (Å²) >= 11 is 0. The van der Waals surface area contributed by atoms with Crippen molar-refractivity contribution >= 4 is 31.7 Å². The van der Waals surface area contributed by atoms with Gasteiger partial charge in [-0.1, -0.05) is 54.6 Å². The summed E-state index contributed by atoms with van der Waals surface area (Å²) in [5, 5.41) is 2.83. The summed E-state index contributed by atoms with van der Waals surface area (Å²) in [4.78, 5) is -0.429. The lowest BCUT2D eigenvalue weighted by molar-refractivity contribution is -0.137. The van der Waals surface area contributed by atoms with Gasteiger partial charge in [0, 0.05) is 11.6 Å². The summed E-state index contributed by atoms with van der Waals surface area (Å²) in [5.41, 5.74) is 7.76. The number of nitrogens with two attached hydrogens (primary N) is 1. The number of hydrogen-bond donors (Lipinski definition) is 1. The maximum atomic E-state index is 13.4. The van der Waals surface area contributed by atoms with Crippen molar-refractivity contribution in [3.63, 3.8) is 0 Å². The molecule has 0 atom stereocenters. The molecule has 2 N–H and O–H groups in total. The molecule has 0 unspecified atom stereocenters. The van der Waals surface area contributed by atoms with Crippen molar-refractivity contribution in [1.82, 2.24) is 3.97 Å². The van der Waals surface area contributed by atoms with Gasteiger partial charge >= 0.3 is 6.18 Å². The van der Waals surface area contributed by atoms with Gasteiger partial charge in [-0.3, -0.25) is 0 Å². The molecule has 35 heavy (non-hydrogen) atoms. The van der Waals surface area contributed by atoms with Crippen LogP contribution >= 0.6 is 0 Å². The van der Waals surface area contributed by atoms with E-state index in [0.717, 1.165) is 38.0 Å². The molecular weight excluding hydrogens is 473 g/mol. The van der Waals surface area contributed by atoms with Crippen LogP contribution in [-0.4, -0.2) is 18.9 Å². The molecule has 0 aliphatic rings. The SMILES string of the molecule is NCCc1cn(S(=O)(=O)c2cccc(C(F)(F)F)c2)c2ccc(-c3cccc4ccccc34)cc12. The smallest absolute Gasteiger partial charge is 0.330 e. The maximum Gasteiger partial charge on any atom is 0.416 e. The van der Waals surface area contributed by atoms with Gasteiger partial charge in [0.15, 0.2) is 0 Å². The molecule has 4 nitrogen and oxygen atoms in total. The molecule has 0 bridgehead atoms. The Kier molecular flexibility index (Phi) is 5.65. The lowest BCUT2D eigenvalue weighted by atomic mass is 9.96. The van der Waals surface area contributed by atoms with Crippen LogP contribution in [0.25, 0.3) is 32.8 Å². The van der Waals surface area contributed by atoms with Gasteiger partial charge in [-0.2, -0.15) is 13.2 Å². The zero-order valence-corrected chi connectivity index (χ0v) is 19.3. The summed E-state index contributed by atoms with van der Waals surface area (Å²) in [5.74, 6) is 0. The minimum atomic E-state index is -4.65. The third kappa shape index (κ3) is 4.09. The fraction of sp³-hybridized carbons (Fsp3) is 0.111. The lowest BCUT2D eigenvalue weighted by Gasteiger charge is -2.11. The number of halogens is 3. The minimum Gasteiger partial charge on any atom is -0.330 e. The van der Waals surface area contributed by atoms with Crippen LogP contribution in [0.15, 0.2) is 96.0 Å². The van der Waals surface area contributed by atoms with Crippen LogP contribution in [-0.2, 0) is 22.6 Å². The number of hydrogen-bond acceptors (Lipinski definition) is 3. The van der Waals surface area contributed by atoms with Gasteiger partial charge in [0.1, 0.15) is 0 Å². The molecule has 5 rings (SSSR count). The van der Waals surface area contributed by atoms with E-state index >= 15 is 0 Å². The number of benzene rings is 4. The quantitative estimate of drug-likeness (QED) is 0.316. The summed E-state index contributed by atoms with van der Waals surface area (Å²) < 4.78 is 67.6. The van der Waals surface area contributed by atoms with E-state index in [-0.39, 0.29) is 0 Å². The second-order valence-electron chi connectivity index (χ2n) is 8.28. The first-order valence-corrected chi connectivity index (χ1v) is 12.4. The minimum absolute atomic E-state index is 0.293. The van der Waals surface area contributed by atoms with Crippen LogP contribution < -0.4 is 5.73 Å². The van der Waals surface area contributed by atoms with Crippen molar-refractivity contribution in [2.45, 2.75) is 17.5 Å². The van der Waals surface area contributed by atoms with E-state index < -0.39 is 26.7 Å². The molecule has 0 amide bonds. The first-order valence-electron chi connectivity index (χ1n) is 11.0. The van der Waals surface area contributed by atoms with Crippen LogP contribution in [0.5, 0.6) is 0 Å². The average Bonchev–Trinajstić information content (AvgIpc) is 3.22. The van der Waals surface area contributed by atoms with E-state index in [1.54, 1.807) is 6.07 Å². The second kappa shape index (κ2) is 8.55. The van der Waals surface area contributed by atoms with E-state index in [1.807, 2.05) is 54.6 Å². The summed E-state index contributed by atoms with van der Waals surface area (Å²) in [6.07, 6.45) is -2.77. The van der Waals surface area contributed by atoms with Crippen molar-refractivity contribution in [3.05, 3.63) is 102 Å². The first kappa shape index (κ1) is 23.1. The summed E-state index contributed by atoms with van der Waals surface area (Å²) in [6, 6.07) is 23.2.